The summed E-state index contributed by atoms with van der Waals surface area (Å²) in [5, 5.41) is 4.25. The summed E-state index contributed by atoms with van der Waals surface area (Å²) in [6.07, 6.45) is 6.53. The number of nitrogens with one attached hydrogen (secondary N) is 1. The first-order valence-electron chi connectivity index (χ1n) is 10.1. The zero-order chi connectivity index (χ0) is 19.6. The molecule has 2 aromatic heterocycles. The quantitative estimate of drug-likeness (QED) is 0.645. The van der Waals surface area contributed by atoms with Gasteiger partial charge in [-0.05, 0) is 61.5 Å². The minimum atomic E-state index is -0.0259. The fraction of sp³-hybridized carbons (Fsp3) is 0.304. The summed E-state index contributed by atoms with van der Waals surface area (Å²) in [6.45, 7) is 1.73. The Morgan fingerprint density at radius 1 is 1.07 bits per heavy atom. The molecule has 0 spiro atoms. The van der Waals surface area contributed by atoms with E-state index in [0.717, 1.165) is 42.5 Å². The van der Waals surface area contributed by atoms with Gasteiger partial charge in [0.25, 0.3) is 0 Å². The molecule has 2 aliphatic heterocycles. The first-order valence-corrected chi connectivity index (χ1v) is 10.5. The van der Waals surface area contributed by atoms with E-state index in [1.165, 1.54) is 5.69 Å². The molecule has 1 N–H and O–H groups in total. The smallest absolute Gasteiger partial charge is 0.174 e. The predicted molar refractivity (Wildman–Crippen MR) is 118 cm³/mol. The lowest BCUT2D eigenvalue weighted by Gasteiger charge is -2.29. The number of hydrogen-bond acceptors (Lipinski definition) is 3. The molecule has 148 valence electrons. The van der Waals surface area contributed by atoms with Gasteiger partial charge in [0.15, 0.2) is 5.11 Å². The minimum Gasteiger partial charge on any atom is -0.376 e. The highest BCUT2D eigenvalue weighted by molar-refractivity contribution is 7.80. The molecule has 2 aliphatic rings. The molecule has 0 saturated carbocycles. The highest BCUT2D eigenvalue weighted by atomic mass is 32.1. The van der Waals surface area contributed by atoms with Crippen LogP contribution in [0.4, 0.5) is 5.69 Å². The average Bonchev–Trinajstić information content (AvgIpc) is 3.50. The average molecular weight is 405 g/mol. The maximum atomic E-state index is 5.90. The van der Waals surface area contributed by atoms with E-state index < -0.39 is 0 Å². The van der Waals surface area contributed by atoms with Gasteiger partial charge < -0.3 is 19.5 Å². The van der Waals surface area contributed by atoms with Crippen LogP contribution in [0.2, 0.25) is 0 Å². The van der Waals surface area contributed by atoms with Crippen molar-refractivity contribution < 1.29 is 4.74 Å². The van der Waals surface area contributed by atoms with E-state index >= 15 is 0 Å². The maximum absolute atomic E-state index is 5.90. The second kappa shape index (κ2) is 7.97. The first-order chi connectivity index (χ1) is 14.3. The van der Waals surface area contributed by atoms with Gasteiger partial charge in [0.05, 0.1) is 17.8 Å². The number of benzene rings is 1. The van der Waals surface area contributed by atoms with E-state index in [-0.39, 0.29) is 18.2 Å². The summed E-state index contributed by atoms with van der Waals surface area (Å²) >= 11 is 5.79. The zero-order valence-electron chi connectivity index (χ0n) is 16.1. The molecule has 6 heteroatoms. The number of aromatic nitrogens is 2. The van der Waals surface area contributed by atoms with Crippen LogP contribution in [0.1, 0.15) is 36.3 Å². The molecule has 0 unspecified atom stereocenters. The monoisotopic (exact) mass is 404 g/mol. The van der Waals surface area contributed by atoms with E-state index in [2.05, 4.69) is 68.4 Å². The Kier molecular flexibility index (Phi) is 5.04. The van der Waals surface area contributed by atoms with Crippen LogP contribution < -0.4 is 10.2 Å². The van der Waals surface area contributed by atoms with Crippen LogP contribution in [0, 0.1) is 0 Å². The Morgan fingerprint density at radius 3 is 2.69 bits per heavy atom. The van der Waals surface area contributed by atoms with Crippen molar-refractivity contribution in [2.45, 2.75) is 37.6 Å². The van der Waals surface area contributed by atoms with E-state index in [0.29, 0.717) is 0 Å². The van der Waals surface area contributed by atoms with Crippen molar-refractivity contribution in [3.63, 3.8) is 0 Å². The molecule has 0 amide bonds. The van der Waals surface area contributed by atoms with Gasteiger partial charge in [-0.1, -0.05) is 24.3 Å². The Hall–Kier alpha value is -2.70. The molecule has 3 atom stereocenters. The Morgan fingerprint density at radius 2 is 1.93 bits per heavy atom. The second-order valence-electron chi connectivity index (χ2n) is 7.55. The summed E-state index contributed by atoms with van der Waals surface area (Å²) in [4.78, 5) is 6.85. The van der Waals surface area contributed by atoms with Crippen LogP contribution in [0.25, 0.3) is 0 Å². The number of para-hydroxylation sites is 1. The van der Waals surface area contributed by atoms with Gasteiger partial charge in [0.2, 0.25) is 0 Å². The number of anilines is 1. The summed E-state index contributed by atoms with van der Waals surface area (Å²) in [7, 11) is 0. The number of hydrogen-bond donors (Lipinski definition) is 1. The maximum Gasteiger partial charge on any atom is 0.174 e. The molecule has 29 heavy (non-hydrogen) atoms. The standard InChI is InChI=1S/C23H24N4OS/c29-23-25-21(19-11-4-5-13-24-19)22(27(23)17-8-2-1-3-9-17)20-12-6-14-26(20)16-18-10-7-15-28-18/h1-6,8-9,11-14,18,21-22H,7,10,15-16H2,(H,25,29)/t18-,21-,22+/m1/s1. The molecule has 5 nitrogen and oxygen atoms in total. The Bertz CT molecular complexity index is 969. The van der Waals surface area contributed by atoms with Crippen molar-refractivity contribution in [2.75, 3.05) is 11.5 Å². The molecule has 2 saturated heterocycles. The number of thiocarbonyl (C=S) groups is 1. The lowest BCUT2D eigenvalue weighted by molar-refractivity contribution is 0.0961. The number of pyridine rings is 1. The van der Waals surface area contributed by atoms with Gasteiger partial charge >= 0.3 is 0 Å². The van der Waals surface area contributed by atoms with Crippen molar-refractivity contribution >= 4 is 23.0 Å². The van der Waals surface area contributed by atoms with Crippen LogP contribution in [0.15, 0.2) is 73.1 Å². The summed E-state index contributed by atoms with van der Waals surface area (Å²) in [5.41, 5.74) is 3.29. The van der Waals surface area contributed by atoms with E-state index in [1.807, 2.05) is 24.4 Å². The summed E-state index contributed by atoms with van der Waals surface area (Å²) < 4.78 is 8.22. The third kappa shape index (κ3) is 3.54. The third-order valence-electron chi connectivity index (χ3n) is 5.72. The lowest BCUT2D eigenvalue weighted by atomic mass is 10.0. The van der Waals surface area contributed by atoms with Gasteiger partial charge in [-0.15, -0.1) is 0 Å². The minimum absolute atomic E-state index is 0.0104. The van der Waals surface area contributed by atoms with Gasteiger partial charge in [-0.3, -0.25) is 4.98 Å². The third-order valence-corrected chi connectivity index (χ3v) is 6.04. The molecule has 2 fully saturated rings. The van der Waals surface area contributed by atoms with Crippen LogP contribution in [-0.4, -0.2) is 27.4 Å². The van der Waals surface area contributed by atoms with Crippen LogP contribution in [-0.2, 0) is 11.3 Å². The predicted octanol–water partition coefficient (Wildman–Crippen LogP) is 4.24. The largest absolute Gasteiger partial charge is 0.376 e. The molecule has 4 heterocycles. The molecule has 3 aromatic rings. The second-order valence-corrected chi connectivity index (χ2v) is 7.94. The lowest BCUT2D eigenvalue weighted by Crippen LogP contribution is -2.31. The first kappa shape index (κ1) is 18.3. The van der Waals surface area contributed by atoms with Crippen LogP contribution in [0.3, 0.4) is 0 Å². The van der Waals surface area contributed by atoms with Gasteiger partial charge in [-0.2, -0.15) is 0 Å². The van der Waals surface area contributed by atoms with Crippen LogP contribution >= 0.6 is 12.2 Å². The Labute approximate surface area is 176 Å². The molecule has 0 aliphatic carbocycles. The number of ether oxygens (including phenoxy) is 1. The number of rotatable bonds is 5. The van der Waals surface area contributed by atoms with Crippen molar-refractivity contribution in [3.05, 3.63) is 84.4 Å². The van der Waals surface area contributed by atoms with Crippen molar-refractivity contribution in [1.29, 1.82) is 0 Å². The molecule has 0 radical (unpaired) electrons. The molecular formula is C23H24N4OS. The Balaban J connectivity index is 1.57. The zero-order valence-corrected chi connectivity index (χ0v) is 17.0. The normalized spacial score (nSPS) is 24.1. The van der Waals surface area contributed by atoms with Gasteiger partial charge in [0.1, 0.15) is 6.04 Å². The van der Waals surface area contributed by atoms with E-state index in [4.69, 9.17) is 17.0 Å². The molecular weight excluding hydrogens is 380 g/mol. The van der Waals surface area contributed by atoms with E-state index in [1.54, 1.807) is 0 Å². The summed E-state index contributed by atoms with van der Waals surface area (Å²) in [5.74, 6) is 0. The van der Waals surface area contributed by atoms with E-state index in [9.17, 15) is 0 Å². The highest BCUT2D eigenvalue weighted by Gasteiger charge is 2.42. The molecule has 0 bridgehead atoms. The van der Waals surface area contributed by atoms with Crippen molar-refractivity contribution in [1.82, 2.24) is 14.9 Å². The summed E-state index contributed by atoms with van der Waals surface area (Å²) in [6, 6.07) is 20.7. The number of nitrogens with zero attached hydrogens (tertiary/aromatic N) is 3. The van der Waals surface area contributed by atoms with Crippen molar-refractivity contribution in [2.24, 2.45) is 0 Å². The van der Waals surface area contributed by atoms with Gasteiger partial charge in [0, 0.05) is 36.9 Å². The SMILES string of the molecule is S=C1N[C@H](c2ccccn2)[C@H](c2cccn2C[C@H]2CCCO2)N1c1ccccc1. The van der Waals surface area contributed by atoms with Crippen LogP contribution in [0.5, 0.6) is 0 Å². The highest BCUT2D eigenvalue weighted by Crippen LogP contribution is 2.41. The fourth-order valence-corrected chi connectivity index (χ4v) is 4.74. The fourth-order valence-electron chi connectivity index (χ4n) is 4.39. The van der Waals surface area contributed by atoms with Gasteiger partial charge in [-0.25, -0.2) is 0 Å². The molecule has 5 rings (SSSR count). The van der Waals surface area contributed by atoms with Crippen molar-refractivity contribution in [3.8, 4) is 0 Å². The topological polar surface area (TPSA) is 42.3 Å². The molecule has 1 aromatic carbocycles.